The first-order chi connectivity index (χ1) is 26.6. The standard InChI is InChI=1S/C40H40IN5O8S2/c1-38(2,3)53-36(51)39(4,5)54-45-29(32(47)43-30-33(48)46-31(35(49)50)24(21-41)23-56(52)34(30)46)28-22-55-37(42-28)44-40(25-15-9-6-10-16-25,26-17-11-7-12-18-26)27-19-13-8-14-20-27/h6-20,22,30,34H,21,23H2,1-5H3,(H,42,44)(H,43,47)(H,49,50)/b45-29-/t30?,34-,56?/m0/s1. The molecule has 292 valence electrons. The Balaban J connectivity index is 1.39. The van der Waals surface area contributed by atoms with Gasteiger partial charge in [0.05, 0.1) is 0 Å². The van der Waals surface area contributed by atoms with Gasteiger partial charge in [0.25, 0.3) is 11.8 Å². The van der Waals surface area contributed by atoms with Crippen molar-refractivity contribution in [2.75, 3.05) is 15.5 Å². The number of alkyl halides is 1. The lowest BCUT2D eigenvalue weighted by Gasteiger charge is -2.48. The highest BCUT2D eigenvalue weighted by molar-refractivity contribution is 14.1. The molecule has 0 saturated carbocycles. The van der Waals surface area contributed by atoms with E-state index < -0.39 is 63.1 Å². The van der Waals surface area contributed by atoms with Crippen LogP contribution in [0.5, 0.6) is 0 Å². The number of aliphatic carboxylic acids is 1. The molecule has 56 heavy (non-hydrogen) atoms. The Morgan fingerprint density at radius 3 is 1.98 bits per heavy atom. The molecule has 1 fully saturated rings. The maximum atomic E-state index is 14.2. The zero-order chi connectivity index (χ0) is 40.4. The van der Waals surface area contributed by atoms with Gasteiger partial charge in [0.1, 0.15) is 28.3 Å². The summed E-state index contributed by atoms with van der Waals surface area (Å²) >= 11 is 1.45. The Morgan fingerprint density at radius 2 is 1.50 bits per heavy atom. The number of aromatic nitrogens is 1. The minimum absolute atomic E-state index is 0.0461. The van der Waals surface area contributed by atoms with E-state index in [1.54, 1.807) is 26.2 Å². The van der Waals surface area contributed by atoms with Crippen molar-refractivity contribution >= 4 is 79.7 Å². The van der Waals surface area contributed by atoms with Gasteiger partial charge >= 0.3 is 11.9 Å². The van der Waals surface area contributed by atoms with E-state index in [1.165, 1.54) is 25.2 Å². The first-order valence-corrected chi connectivity index (χ1v) is 21.3. The Kier molecular flexibility index (Phi) is 11.9. The molecule has 2 aliphatic heterocycles. The fraction of sp³-hybridized carbons (Fsp3) is 0.300. The van der Waals surface area contributed by atoms with E-state index in [2.05, 4.69) is 15.8 Å². The summed E-state index contributed by atoms with van der Waals surface area (Å²) in [4.78, 5) is 64.4. The number of anilines is 1. The van der Waals surface area contributed by atoms with Gasteiger partial charge in [-0.3, -0.25) is 14.5 Å². The quantitative estimate of drug-likeness (QED) is 0.0224. The predicted octanol–water partition coefficient (Wildman–Crippen LogP) is 5.58. The van der Waals surface area contributed by atoms with Crippen molar-refractivity contribution in [3.63, 3.8) is 0 Å². The minimum atomic E-state index is -1.71. The van der Waals surface area contributed by atoms with Crippen molar-refractivity contribution < 1.29 is 38.4 Å². The summed E-state index contributed by atoms with van der Waals surface area (Å²) in [6, 6.07) is 28.2. The second kappa shape index (κ2) is 16.4. The van der Waals surface area contributed by atoms with Crippen molar-refractivity contribution in [1.82, 2.24) is 15.2 Å². The molecule has 1 saturated heterocycles. The van der Waals surface area contributed by atoms with E-state index >= 15 is 0 Å². The highest BCUT2D eigenvalue weighted by Gasteiger charge is 2.61. The fourth-order valence-electron chi connectivity index (χ4n) is 6.35. The number of β-lactam (4-membered cyclic amide) rings is 1. The zero-order valence-corrected chi connectivity index (χ0v) is 34.9. The molecule has 6 rings (SSSR count). The maximum absolute atomic E-state index is 14.2. The van der Waals surface area contributed by atoms with Crippen LogP contribution in [0.2, 0.25) is 0 Å². The van der Waals surface area contributed by atoms with Gasteiger partial charge in [0, 0.05) is 15.4 Å². The number of hydrogen-bond acceptors (Lipinski definition) is 11. The number of carboxylic acids is 1. The summed E-state index contributed by atoms with van der Waals surface area (Å²) in [5.74, 6) is -3.78. The zero-order valence-electron chi connectivity index (χ0n) is 31.1. The number of carbonyl (C=O) groups excluding carboxylic acids is 3. The number of carbonyl (C=O) groups is 4. The van der Waals surface area contributed by atoms with Crippen molar-refractivity contribution in [2.24, 2.45) is 5.16 Å². The van der Waals surface area contributed by atoms with Gasteiger partial charge in [-0.15, -0.1) is 11.3 Å². The summed E-state index contributed by atoms with van der Waals surface area (Å²) in [6.07, 6.45) is 0. The molecule has 1 aromatic heterocycles. The van der Waals surface area contributed by atoms with Crippen LogP contribution >= 0.6 is 33.9 Å². The molecule has 4 aromatic rings. The van der Waals surface area contributed by atoms with Crippen molar-refractivity contribution in [1.29, 1.82) is 0 Å². The van der Waals surface area contributed by atoms with Crippen molar-refractivity contribution in [3.05, 3.63) is 130 Å². The maximum Gasteiger partial charge on any atom is 0.353 e. The highest BCUT2D eigenvalue weighted by Crippen LogP contribution is 2.41. The first kappa shape index (κ1) is 40.9. The number of oxime groups is 1. The highest BCUT2D eigenvalue weighted by atomic mass is 127. The molecule has 3 aromatic carbocycles. The average Bonchev–Trinajstić information content (AvgIpc) is 3.63. The Bertz CT molecular complexity index is 2080. The Labute approximate surface area is 344 Å². The molecule has 2 amide bonds. The molecule has 0 aliphatic carbocycles. The molecule has 13 nitrogen and oxygen atoms in total. The molecule has 0 spiro atoms. The van der Waals surface area contributed by atoms with Crippen molar-refractivity contribution in [3.8, 4) is 0 Å². The van der Waals surface area contributed by atoms with E-state index in [0.717, 1.165) is 21.6 Å². The number of esters is 1. The number of fused-ring (bicyclic) bond motifs is 1. The molecule has 16 heteroatoms. The number of benzene rings is 3. The molecule has 3 heterocycles. The topological polar surface area (TPSA) is 183 Å². The Morgan fingerprint density at radius 1 is 0.964 bits per heavy atom. The number of nitrogens with zero attached hydrogens (tertiary/aromatic N) is 3. The van der Waals surface area contributed by atoms with Crippen LogP contribution in [0.4, 0.5) is 5.13 Å². The van der Waals surface area contributed by atoms with Crippen LogP contribution in [-0.4, -0.2) is 81.8 Å². The minimum Gasteiger partial charge on any atom is -0.614 e. The summed E-state index contributed by atoms with van der Waals surface area (Å²) < 4.78 is 19.1. The molecule has 2 unspecified atom stereocenters. The van der Waals surface area contributed by atoms with Crippen molar-refractivity contribution in [2.45, 2.75) is 62.8 Å². The van der Waals surface area contributed by atoms with Gasteiger partial charge in [-0.2, -0.15) is 0 Å². The number of hydrogen-bond donors (Lipinski definition) is 3. The largest absolute Gasteiger partial charge is 0.614 e. The predicted molar refractivity (Wildman–Crippen MR) is 222 cm³/mol. The van der Waals surface area contributed by atoms with E-state index in [-0.39, 0.29) is 27.3 Å². The third kappa shape index (κ3) is 8.19. The smallest absolute Gasteiger partial charge is 0.353 e. The molecule has 0 radical (unpaired) electrons. The number of amides is 2. The van der Waals surface area contributed by atoms with Crippen LogP contribution < -0.4 is 10.6 Å². The van der Waals surface area contributed by atoms with E-state index in [4.69, 9.17) is 14.6 Å². The number of carboxylic acid groups (broad SMARTS) is 1. The van der Waals surface area contributed by atoms with E-state index in [9.17, 15) is 28.8 Å². The van der Waals surface area contributed by atoms with E-state index in [1.807, 2.05) is 114 Å². The summed E-state index contributed by atoms with van der Waals surface area (Å²) in [7, 11) is 0. The number of nitrogens with one attached hydrogen (secondary N) is 2. The van der Waals surface area contributed by atoms with E-state index in [0.29, 0.717) is 10.7 Å². The van der Waals surface area contributed by atoms with Crippen LogP contribution in [0.25, 0.3) is 0 Å². The number of rotatable bonds is 13. The monoisotopic (exact) mass is 909 g/mol. The fourth-order valence-corrected chi connectivity index (χ4v) is 9.78. The van der Waals surface area contributed by atoms with Gasteiger partial charge in [-0.05, 0) is 62.5 Å². The van der Waals surface area contributed by atoms with Gasteiger partial charge in [0.2, 0.25) is 11.0 Å². The lowest BCUT2D eigenvalue weighted by atomic mass is 9.77. The van der Waals surface area contributed by atoms with Gasteiger partial charge in [-0.25, -0.2) is 14.6 Å². The van der Waals surface area contributed by atoms with Gasteiger partial charge in [-0.1, -0.05) is 119 Å². The second-order valence-electron chi connectivity index (χ2n) is 14.5. The van der Waals surface area contributed by atoms with Gasteiger partial charge < -0.3 is 29.9 Å². The third-order valence-corrected chi connectivity index (χ3v) is 12.3. The Hall–Kier alpha value is -4.78. The molecular weight excluding hydrogens is 870 g/mol. The molecule has 0 bridgehead atoms. The van der Waals surface area contributed by atoms with Crippen LogP contribution in [0, 0.1) is 0 Å². The number of halogens is 1. The third-order valence-electron chi connectivity index (χ3n) is 8.99. The van der Waals surface area contributed by atoms with Gasteiger partial charge in [0.15, 0.2) is 16.9 Å². The summed E-state index contributed by atoms with van der Waals surface area (Å²) in [5.41, 5.74) is -0.916. The molecule has 3 atom stereocenters. The molecule has 2 aliphatic rings. The second-order valence-corrected chi connectivity index (χ2v) is 17.7. The normalized spacial score (nSPS) is 18.8. The van der Waals surface area contributed by atoms with Crippen LogP contribution in [0.1, 0.15) is 57.0 Å². The molecular formula is C40H40IN5O8S2. The van der Waals surface area contributed by atoms with Crippen LogP contribution in [-0.2, 0) is 45.5 Å². The summed E-state index contributed by atoms with van der Waals surface area (Å²) in [6.45, 7) is 7.98. The number of thiazole rings is 1. The summed E-state index contributed by atoms with van der Waals surface area (Å²) in [5, 5.41) is 21.2. The average molecular weight is 910 g/mol. The first-order valence-electron chi connectivity index (χ1n) is 17.5. The lowest BCUT2D eigenvalue weighted by Crippen LogP contribution is -2.75. The molecule has 3 N–H and O–H groups in total. The number of ether oxygens (including phenoxy) is 1. The van der Waals surface area contributed by atoms with Crippen LogP contribution in [0.15, 0.2) is 113 Å². The SMILES string of the molecule is CC(C)(C)OC(=O)C(C)(C)O/N=C(\C(=O)NC1C(=O)N2C(C(=O)O)=C(CI)C[S+]([O-])[C@@H]12)c1csc(NC(c2ccccc2)(c2ccccc2)c2ccccc2)n1. The lowest BCUT2D eigenvalue weighted by molar-refractivity contribution is -0.179. The van der Waals surface area contributed by atoms with Crippen LogP contribution in [0.3, 0.4) is 0 Å².